The van der Waals surface area contributed by atoms with Crippen molar-refractivity contribution < 1.29 is 18.7 Å². The Hall–Kier alpha value is -2.69. The highest BCUT2D eigenvalue weighted by atomic mass is 19.1. The average molecular weight is 315 g/mol. The van der Waals surface area contributed by atoms with E-state index in [1.54, 1.807) is 30.3 Å². The monoisotopic (exact) mass is 315 g/mol. The van der Waals surface area contributed by atoms with Crippen molar-refractivity contribution in [2.45, 2.75) is 19.8 Å². The topological polar surface area (TPSA) is 55.4 Å². The lowest BCUT2D eigenvalue weighted by Crippen LogP contribution is -2.33. The highest BCUT2D eigenvalue weighted by Crippen LogP contribution is 2.13. The Labute approximate surface area is 134 Å². The first-order valence-electron chi connectivity index (χ1n) is 7.38. The third-order valence-electron chi connectivity index (χ3n) is 3.28. The largest absolute Gasteiger partial charge is 0.425 e. The van der Waals surface area contributed by atoms with Crippen LogP contribution in [0.5, 0.6) is 5.75 Å². The van der Waals surface area contributed by atoms with Gasteiger partial charge >= 0.3 is 5.97 Å². The molecule has 0 aliphatic carbocycles. The Morgan fingerprint density at radius 2 is 1.91 bits per heavy atom. The number of benzene rings is 2. The fourth-order valence-electron chi connectivity index (χ4n) is 2.04. The van der Waals surface area contributed by atoms with Gasteiger partial charge in [-0.05, 0) is 35.7 Å². The number of rotatable bonds is 6. The van der Waals surface area contributed by atoms with Gasteiger partial charge in [0.1, 0.15) is 18.1 Å². The number of hydrogen-bond acceptors (Lipinski definition) is 3. The number of aryl methyl sites for hydroxylation is 1. The molecule has 0 radical (unpaired) electrons. The van der Waals surface area contributed by atoms with E-state index in [0.29, 0.717) is 5.75 Å². The maximum atomic E-state index is 13.4. The summed E-state index contributed by atoms with van der Waals surface area (Å²) in [5, 5.41) is 2.43. The van der Waals surface area contributed by atoms with Crippen LogP contribution in [-0.2, 0) is 22.4 Å². The second-order valence-corrected chi connectivity index (χ2v) is 5.02. The summed E-state index contributed by atoms with van der Waals surface area (Å²) in [6.45, 7) is 1.74. The second kappa shape index (κ2) is 8.08. The van der Waals surface area contributed by atoms with Crippen LogP contribution < -0.4 is 10.1 Å². The van der Waals surface area contributed by atoms with Crippen LogP contribution in [-0.4, -0.2) is 18.4 Å². The van der Waals surface area contributed by atoms with Crippen LogP contribution in [0, 0.1) is 5.82 Å². The first-order chi connectivity index (χ1) is 11.1. The first-order valence-corrected chi connectivity index (χ1v) is 7.38. The van der Waals surface area contributed by atoms with Gasteiger partial charge in [0, 0.05) is 0 Å². The molecule has 0 aromatic heterocycles. The number of carbonyl (C=O) groups is 2. The van der Waals surface area contributed by atoms with Crippen LogP contribution in [0.2, 0.25) is 0 Å². The Kier molecular flexibility index (Phi) is 5.86. The standard InChI is InChI=1S/C18H18FNO3/c1-2-13-6-5-8-15(10-13)23-18(22)12-20-17(21)11-14-7-3-4-9-16(14)19/h3-10H,2,11-12H2,1H3,(H,20,21). The maximum absolute atomic E-state index is 13.4. The predicted molar refractivity (Wildman–Crippen MR) is 84.6 cm³/mol. The molecule has 5 heteroatoms. The number of amides is 1. The van der Waals surface area contributed by atoms with Crippen LogP contribution in [0.25, 0.3) is 0 Å². The highest BCUT2D eigenvalue weighted by Gasteiger charge is 2.10. The van der Waals surface area contributed by atoms with Crippen molar-refractivity contribution >= 4 is 11.9 Å². The molecule has 0 saturated carbocycles. The van der Waals surface area contributed by atoms with Crippen LogP contribution in [0.1, 0.15) is 18.1 Å². The summed E-state index contributed by atoms with van der Waals surface area (Å²) in [5.74, 6) is -1.01. The van der Waals surface area contributed by atoms with Gasteiger partial charge in [0.05, 0.1) is 6.42 Å². The summed E-state index contributed by atoms with van der Waals surface area (Å²) in [4.78, 5) is 23.5. The van der Waals surface area contributed by atoms with E-state index >= 15 is 0 Å². The molecule has 1 N–H and O–H groups in total. The number of hydrogen-bond donors (Lipinski definition) is 1. The quantitative estimate of drug-likeness (QED) is 0.658. The molecular weight excluding hydrogens is 297 g/mol. The molecule has 0 unspecified atom stereocenters. The van der Waals surface area contributed by atoms with Crippen molar-refractivity contribution in [3.8, 4) is 5.75 Å². The number of halogens is 1. The van der Waals surface area contributed by atoms with Gasteiger partial charge in [-0.2, -0.15) is 0 Å². The Morgan fingerprint density at radius 3 is 2.65 bits per heavy atom. The third kappa shape index (κ3) is 5.21. The van der Waals surface area contributed by atoms with E-state index in [1.165, 1.54) is 12.1 Å². The SMILES string of the molecule is CCc1cccc(OC(=O)CNC(=O)Cc2ccccc2F)c1. The number of esters is 1. The summed E-state index contributed by atoms with van der Waals surface area (Å²) in [5.41, 5.74) is 1.34. The Bertz CT molecular complexity index is 700. The van der Waals surface area contributed by atoms with Crippen molar-refractivity contribution in [3.05, 3.63) is 65.5 Å². The lowest BCUT2D eigenvalue weighted by atomic mass is 10.1. The van der Waals surface area contributed by atoms with E-state index in [9.17, 15) is 14.0 Å². The van der Waals surface area contributed by atoms with E-state index in [0.717, 1.165) is 12.0 Å². The van der Waals surface area contributed by atoms with E-state index in [1.807, 2.05) is 13.0 Å². The summed E-state index contributed by atoms with van der Waals surface area (Å²) >= 11 is 0. The summed E-state index contributed by atoms with van der Waals surface area (Å²) in [6, 6.07) is 13.2. The van der Waals surface area contributed by atoms with Gasteiger partial charge in [-0.1, -0.05) is 37.3 Å². The normalized spacial score (nSPS) is 10.2. The van der Waals surface area contributed by atoms with E-state index in [2.05, 4.69) is 5.32 Å². The lowest BCUT2D eigenvalue weighted by molar-refractivity contribution is -0.135. The van der Waals surface area contributed by atoms with Gasteiger partial charge in [-0.3, -0.25) is 4.79 Å². The molecular formula is C18H18FNO3. The molecule has 0 aliphatic heterocycles. The zero-order valence-electron chi connectivity index (χ0n) is 12.8. The van der Waals surface area contributed by atoms with Gasteiger partial charge in [-0.15, -0.1) is 0 Å². The van der Waals surface area contributed by atoms with E-state index < -0.39 is 17.7 Å². The highest BCUT2D eigenvalue weighted by molar-refractivity contribution is 5.84. The molecule has 0 aliphatic rings. The minimum absolute atomic E-state index is 0.120. The molecule has 23 heavy (non-hydrogen) atoms. The van der Waals surface area contributed by atoms with Crippen molar-refractivity contribution in [1.82, 2.24) is 5.32 Å². The number of nitrogens with one attached hydrogen (secondary N) is 1. The molecule has 0 spiro atoms. The molecule has 2 rings (SSSR count). The predicted octanol–water partition coefficient (Wildman–Crippen LogP) is 2.65. The second-order valence-electron chi connectivity index (χ2n) is 5.02. The molecule has 0 saturated heterocycles. The van der Waals surface area contributed by atoms with Crippen molar-refractivity contribution in [1.29, 1.82) is 0 Å². The summed E-state index contributed by atoms with van der Waals surface area (Å²) in [6.07, 6.45) is 0.718. The zero-order chi connectivity index (χ0) is 16.7. The van der Waals surface area contributed by atoms with Crippen molar-refractivity contribution in [2.75, 3.05) is 6.54 Å². The minimum atomic E-state index is -0.569. The lowest BCUT2D eigenvalue weighted by Gasteiger charge is -2.07. The molecule has 0 fully saturated rings. The smallest absolute Gasteiger partial charge is 0.330 e. The molecule has 2 aromatic rings. The van der Waals surface area contributed by atoms with Gasteiger partial charge in [-0.25, -0.2) is 9.18 Å². The third-order valence-corrected chi connectivity index (χ3v) is 3.28. The molecule has 0 bridgehead atoms. The average Bonchev–Trinajstić information content (AvgIpc) is 2.55. The van der Waals surface area contributed by atoms with Crippen LogP contribution in [0.4, 0.5) is 4.39 Å². The van der Waals surface area contributed by atoms with Gasteiger partial charge in [0.25, 0.3) is 0 Å². The Morgan fingerprint density at radius 1 is 1.13 bits per heavy atom. The maximum Gasteiger partial charge on any atom is 0.330 e. The molecule has 1 amide bonds. The van der Waals surface area contributed by atoms with Crippen LogP contribution in [0.3, 0.4) is 0 Å². The zero-order valence-corrected chi connectivity index (χ0v) is 12.8. The van der Waals surface area contributed by atoms with Gasteiger partial charge in [0.15, 0.2) is 0 Å². The molecule has 120 valence electrons. The van der Waals surface area contributed by atoms with E-state index in [-0.39, 0.29) is 18.5 Å². The minimum Gasteiger partial charge on any atom is -0.425 e. The van der Waals surface area contributed by atoms with Gasteiger partial charge < -0.3 is 10.1 Å². The van der Waals surface area contributed by atoms with Crippen LogP contribution >= 0.6 is 0 Å². The molecule has 2 aromatic carbocycles. The molecule has 0 atom stereocenters. The fourth-order valence-corrected chi connectivity index (χ4v) is 2.04. The Balaban J connectivity index is 1.82. The summed E-state index contributed by atoms with van der Waals surface area (Å²) < 4.78 is 18.6. The van der Waals surface area contributed by atoms with E-state index in [4.69, 9.17) is 4.74 Å². The summed E-state index contributed by atoms with van der Waals surface area (Å²) in [7, 11) is 0. The van der Waals surface area contributed by atoms with Crippen molar-refractivity contribution in [3.63, 3.8) is 0 Å². The van der Waals surface area contributed by atoms with Crippen molar-refractivity contribution in [2.24, 2.45) is 0 Å². The first kappa shape index (κ1) is 16.7. The number of carbonyl (C=O) groups excluding carboxylic acids is 2. The molecule has 4 nitrogen and oxygen atoms in total. The number of ether oxygens (including phenoxy) is 1. The molecule has 0 heterocycles. The fraction of sp³-hybridized carbons (Fsp3) is 0.222. The van der Waals surface area contributed by atoms with Crippen LogP contribution in [0.15, 0.2) is 48.5 Å². The van der Waals surface area contributed by atoms with Gasteiger partial charge in [0.2, 0.25) is 5.91 Å².